The van der Waals surface area contributed by atoms with Crippen molar-refractivity contribution < 1.29 is 23.1 Å². The normalized spacial score (nSPS) is 11.3. The SMILES string of the molecule is O=C(O)c1ccc(-c2cccc(C(F)(F)F)c2)c(=O)[nH]1. The van der Waals surface area contributed by atoms with E-state index >= 15 is 0 Å². The van der Waals surface area contributed by atoms with Gasteiger partial charge in [-0.25, -0.2) is 4.79 Å². The fourth-order valence-corrected chi connectivity index (χ4v) is 1.69. The molecule has 0 saturated carbocycles. The van der Waals surface area contributed by atoms with Gasteiger partial charge in [0.15, 0.2) is 0 Å². The predicted molar refractivity (Wildman–Crippen MR) is 64.5 cm³/mol. The number of aromatic nitrogens is 1. The average Bonchev–Trinajstić information content (AvgIpc) is 2.37. The molecule has 2 rings (SSSR count). The van der Waals surface area contributed by atoms with E-state index in [0.29, 0.717) is 0 Å². The zero-order valence-electron chi connectivity index (χ0n) is 9.86. The summed E-state index contributed by atoms with van der Waals surface area (Å²) in [6, 6.07) is 6.56. The highest BCUT2D eigenvalue weighted by Gasteiger charge is 2.30. The quantitative estimate of drug-likeness (QED) is 0.890. The number of nitrogens with one attached hydrogen (secondary N) is 1. The Morgan fingerprint density at radius 3 is 2.40 bits per heavy atom. The van der Waals surface area contributed by atoms with Crippen molar-refractivity contribution in [2.75, 3.05) is 0 Å². The van der Waals surface area contributed by atoms with Crippen LogP contribution >= 0.6 is 0 Å². The molecule has 0 bridgehead atoms. The average molecular weight is 283 g/mol. The first-order valence-corrected chi connectivity index (χ1v) is 5.43. The lowest BCUT2D eigenvalue weighted by Gasteiger charge is -2.08. The minimum atomic E-state index is -4.51. The topological polar surface area (TPSA) is 70.2 Å². The first-order valence-electron chi connectivity index (χ1n) is 5.43. The highest BCUT2D eigenvalue weighted by Crippen LogP contribution is 2.31. The van der Waals surface area contributed by atoms with Gasteiger partial charge in [-0.1, -0.05) is 12.1 Å². The maximum Gasteiger partial charge on any atom is 0.416 e. The van der Waals surface area contributed by atoms with Gasteiger partial charge in [0.1, 0.15) is 5.69 Å². The third-order valence-electron chi connectivity index (χ3n) is 2.64. The van der Waals surface area contributed by atoms with Gasteiger partial charge in [-0.3, -0.25) is 4.79 Å². The second kappa shape index (κ2) is 4.84. The number of hydrogen-bond donors (Lipinski definition) is 2. The Balaban J connectivity index is 2.53. The maximum absolute atomic E-state index is 12.6. The number of aromatic carboxylic acids is 1. The molecule has 20 heavy (non-hydrogen) atoms. The van der Waals surface area contributed by atoms with Crippen molar-refractivity contribution in [3.63, 3.8) is 0 Å². The zero-order chi connectivity index (χ0) is 14.9. The lowest BCUT2D eigenvalue weighted by Crippen LogP contribution is -2.14. The molecule has 0 aliphatic rings. The van der Waals surface area contributed by atoms with Crippen molar-refractivity contribution in [2.24, 2.45) is 0 Å². The van der Waals surface area contributed by atoms with Gasteiger partial charge in [0.25, 0.3) is 5.56 Å². The van der Waals surface area contributed by atoms with Crippen molar-refractivity contribution in [3.8, 4) is 11.1 Å². The molecule has 104 valence electrons. The molecule has 0 unspecified atom stereocenters. The molecule has 1 heterocycles. The van der Waals surface area contributed by atoms with Gasteiger partial charge in [-0.05, 0) is 29.8 Å². The van der Waals surface area contributed by atoms with Crippen LogP contribution in [0.1, 0.15) is 16.1 Å². The fraction of sp³-hybridized carbons (Fsp3) is 0.0769. The third-order valence-corrected chi connectivity index (χ3v) is 2.64. The number of carboxylic acids is 1. The van der Waals surface area contributed by atoms with Crippen LogP contribution in [0.3, 0.4) is 0 Å². The Bertz CT molecular complexity index is 719. The molecule has 2 aromatic rings. The van der Waals surface area contributed by atoms with Crippen LogP contribution in [0.15, 0.2) is 41.2 Å². The van der Waals surface area contributed by atoms with E-state index in [1.807, 2.05) is 0 Å². The number of H-pyrrole nitrogens is 1. The highest BCUT2D eigenvalue weighted by molar-refractivity contribution is 5.85. The number of alkyl halides is 3. The smallest absolute Gasteiger partial charge is 0.416 e. The van der Waals surface area contributed by atoms with E-state index in [4.69, 9.17) is 5.11 Å². The monoisotopic (exact) mass is 283 g/mol. The molecular weight excluding hydrogens is 275 g/mol. The van der Waals surface area contributed by atoms with Crippen LogP contribution in [0, 0.1) is 0 Å². The molecular formula is C13H8F3NO3. The number of aromatic amines is 1. The van der Waals surface area contributed by atoms with Gasteiger partial charge in [0.05, 0.1) is 5.56 Å². The highest BCUT2D eigenvalue weighted by atomic mass is 19.4. The molecule has 7 heteroatoms. The molecule has 0 aliphatic carbocycles. The summed E-state index contributed by atoms with van der Waals surface area (Å²) in [7, 11) is 0. The summed E-state index contributed by atoms with van der Waals surface area (Å²) in [6.45, 7) is 0. The van der Waals surface area contributed by atoms with Crippen LogP contribution in [0.2, 0.25) is 0 Å². The third kappa shape index (κ3) is 2.71. The van der Waals surface area contributed by atoms with Crippen molar-refractivity contribution in [1.82, 2.24) is 4.98 Å². The summed E-state index contributed by atoms with van der Waals surface area (Å²) < 4.78 is 37.8. The molecule has 0 aliphatic heterocycles. The summed E-state index contributed by atoms with van der Waals surface area (Å²) in [4.78, 5) is 24.5. The summed E-state index contributed by atoms with van der Waals surface area (Å²) in [5.74, 6) is -1.32. The first-order chi connectivity index (χ1) is 9.29. The largest absolute Gasteiger partial charge is 0.477 e. The van der Waals surface area contributed by atoms with E-state index in [1.165, 1.54) is 18.2 Å². The van der Waals surface area contributed by atoms with E-state index in [2.05, 4.69) is 4.98 Å². The lowest BCUT2D eigenvalue weighted by atomic mass is 10.0. The van der Waals surface area contributed by atoms with Gasteiger partial charge < -0.3 is 10.1 Å². The van der Waals surface area contributed by atoms with Gasteiger partial charge in [0.2, 0.25) is 0 Å². The number of carbonyl (C=O) groups is 1. The van der Waals surface area contributed by atoms with E-state index in [-0.39, 0.29) is 16.8 Å². The van der Waals surface area contributed by atoms with Crippen molar-refractivity contribution in [2.45, 2.75) is 6.18 Å². The molecule has 0 radical (unpaired) electrons. The lowest BCUT2D eigenvalue weighted by molar-refractivity contribution is -0.137. The van der Waals surface area contributed by atoms with Gasteiger partial charge in [0, 0.05) is 5.56 Å². The molecule has 0 saturated heterocycles. The Morgan fingerprint density at radius 1 is 1.15 bits per heavy atom. The summed E-state index contributed by atoms with van der Waals surface area (Å²) >= 11 is 0. The minimum absolute atomic E-state index is 0.0268. The van der Waals surface area contributed by atoms with Crippen LogP contribution in [0.25, 0.3) is 11.1 Å². The predicted octanol–water partition coefficient (Wildman–Crippen LogP) is 2.76. The fourth-order valence-electron chi connectivity index (χ4n) is 1.69. The van der Waals surface area contributed by atoms with Crippen LogP contribution in [-0.2, 0) is 6.18 Å². The summed E-state index contributed by atoms with van der Waals surface area (Å²) in [5, 5.41) is 8.70. The Morgan fingerprint density at radius 2 is 1.85 bits per heavy atom. The first kappa shape index (κ1) is 13.9. The van der Waals surface area contributed by atoms with E-state index < -0.39 is 23.3 Å². The van der Waals surface area contributed by atoms with E-state index in [1.54, 1.807) is 0 Å². The van der Waals surface area contributed by atoms with E-state index in [9.17, 15) is 22.8 Å². The second-order valence-corrected chi connectivity index (χ2v) is 4.00. The Hall–Kier alpha value is -2.57. The summed E-state index contributed by atoms with van der Waals surface area (Å²) in [5.41, 5.74) is -1.93. The molecule has 0 amide bonds. The van der Waals surface area contributed by atoms with Crippen LogP contribution in [0.5, 0.6) is 0 Å². The number of rotatable bonds is 2. The maximum atomic E-state index is 12.6. The van der Waals surface area contributed by atoms with Gasteiger partial charge in [-0.2, -0.15) is 13.2 Å². The number of pyridine rings is 1. The summed E-state index contributed by atoms with van der Waals surface area (Å²) in [6.07, 6.45) is -4.51. The van der Waals surface area contributed by atoms with Crippen molar-refractivity contribution in [3.05, 3.63) is 58.0 Å². The molecule has 0 fully saturated rings. The van der Waals surface area contributed by atoms with Crippen molar-refractivity contribution in [1.29, 1.82) is 0 Å². The Labute approximate surface area is 110 Å². The van der Waals surface area contributed by atoms with Crippen molar-refractivity contribution >= 4 is 5.97 Å². The number of hydrogen-bond acceptors (Lipinski definition) is 2. The standard InChI is InChI=1S/C13H8F3NO3/c14-13(15,16)8-3-1-2-7(6-8)9-4-5-10(12(19)20)17-11(9)18/h1-6H,(H,17,18)(H,19,20). The second-order valence-electron chi connectivity index (χ2n) is 4.00. The molecule has 0 spiro atoms. The minimum Gasteiger partial charge on any atom is -0.477 e. The number of carboxylic acid groups (broad SMARTS) is 1. The Kier molecular flexibility index (Phi) is 3.35. The molecule has 1 aromatic heterocycles. The zero-order valence-corrected chi connectivity index (χ0v) is 9.86. The van der Waals surface area contributed by atoms with Crippen LogP contribution in [-0.4, -0.2) is 16.1 Å². The van der Waals surface area contributed by atoms with Crippen LogP contribution in [0.4, 0.5) is 13.2 Å². The molecule has 4 nitrogen and oxygen atoms in total. The van der Waals surface area contributed by atoms with E-state index in [0.717, 1.165) is 18.2 Å². The number of benzene rings is 1. The van der Waals surface area contributed by atoms with Crippen LogP contribution < -0.4 is 5.56 Å². The molecule has 1 aromatic carbocycles. The molecule has 2 N–H and O–H groups in total. The van der Waals surface area contributed by atoms with Gasteiger partial charge >= 0.3 is 12.1 Å². The van der Waals surface area contributed by atoms with Gasteiger partial charge in [-0.15, -0.1) is 0 Å². The number of halogens is 3. The molecule has 0 atom stereocenters.